The number of aliphatic hydroxyl groups excluding tert-OH is 1. The number of rotatable bonds is 4. The van der Waals surface area contributed by atoms with Gasteiger partial charge >= 0.3 is 0 Å². The number of ether oxygens (including phenoxy) is 2. The summed E-state index contributed by atoms with van der Waals surface area (Å²) in [7, 11) is -2.21. The second kappa shape index (κ2) is 6.53. The second-order valence-electron chi connectivity index (χ2n) is 4.51. The van der Waals surface area contributed by atoms with Crippen LogP contribution in [0.2, 0.25) is 0 Å². The predicted octanol–water partition coefficient (Wildman–Crippen LogP) is 0.599. The maximum Gasteiger partial charge on any atom is 0.246 e. The van der Waals surface area contributed by atoms with Crippen molar-refractivity contribution in [1.82, 2.24) is 4.31 Å². The Morgan fingerprint density at radius 1 is 1.35 bits per heavy atom. The first-order valence-corrected chi connectivity index (χ1v) is 7.89. The van der Waals surface area contributed by atoms with E-state index in [9.17, 15) is 13.5 Å². The highest BCUT2D eigenvalue weighted by atomic mass is 32.2. The number of hydrogen-bond acceptors (Lipinski definition) is 5. The molecule has 0 saturated carbocycles. The van der Waals surface area contributed by atoms with Gasteiger partial charge < -0.3 is 14.6 Å². The lowest BCUT2D eigenvalue weighted by atomic mass is 10.2. The fourth-order valence-electron chi connectivity index (χ4n) is 2.12. The van der Waals surface area contributed by atoms with Crippen LogP contribution in [0.3, 0.4) is 0 Å². The molecular formula is C13H19NO5S. The van der Waals surface area contributed by atoms with Gasteiger partial charge in [-0.3, -0.25) is 0 Å². The molecule has 0 unspecified atom stereocenters. The molecule has 112 valence electrons. The highest BCUT2D eigenvalue weighted by molar-refractivity contribution is 7.89. The van der Waals surface area contributed by atoms with Crippen molar-refractivity contribution >= 4 is 10.0 Å². The molecule has 1 aromatic carbocycles. The Labute approximate surface area is 119 Å². The first-order valence-electron chi connectivity index (χ1n) is 6.45. The van der Waals surface area contributed by atoms with E-state index in [0.717, 1.165) is 0 Å². The Morgan fingerprint density at radius 3 is 2.85 bits per heavy atom. The van der Waals surface area contributed by atoms with Crippen LogP contribution >= 0.6 is 0 Å². The summed E-state index contributed by atoms with van der Waals surface area (Å²) < 4.78 is 37.2. The van der Waals surface area contributed by atoms with Gasteiger partial charge in [-0.05, 0) is 24.1 Å². The van der Waals surface area contributed by atoms with Gasteiger partial charge in [-0.2, -0.15) is 4.31 Å². The third-order valence-electron chi connectivity index (χ3n) is 3.21. The van der Waals surface area contributed by atoms with Crippen molar-refractivity contribution in [3.05, 3.63) is 23.8 Å². The van der Waals surface area contributed by atoms with Gasteiger partial charge in [0.1, 0.15) is 10.6 Å². The minimum Gasteiger partial charge on any atom is -0.495 e. The van der Waals surface area contributed by atoms with Gasteiger partial charge in [0.2, 0.25) is 10.0 Å². The van der Waals surface area contributed by atoms with Crippen molar-refractivity contribution in [2.24, 2.45) is 0 Å². The molecule has 0 amide bonds. The molecule has 1 aliphatic rings. The quantitative estimate of drug-likeness (QED) is 0.881. The Kier molecular flexibility index (Phi) is 4.98. The van der Waals surface area contributed by atoms with Crippen molar-refractivity contribution in [2.45, 2.75) is 17.9 Å². The van der Waals surface area contributed by atoms with Crippen LogP contribution in [0.25, 0.3) is 0 Å². The lowest BCUT2D eigenvalue weighted by molar-refractivity contribution is 0.148. The molecule has 0 atom stereocenters. The van der Waals surface area contributed by atoms with Gasteiger partial charge in [0.05, 0.1) is 20.3 Å². The average molecular weight is 301 g/mol. The Morgan fingerprint density at radius 2 is 2.15 bits per heavy atom. The molecule has 7 heteroatoms. The van der Waals surface area contributed by atoms with Crippen LogP contribution in [0.15, 0.2) is 23.1 Å². The third kappa shape index (κ3) is 3.12. The molecule has 1 saturated heterocycles. The van der Waals surface area contributed by atoms with E-state index in [1.54, 1.807) is 12.1 Å². The zero-order chi connectivity index (χ0) is 14.6. The van der Waals surface area contributed by atoms with E-state index in [1.165, 1.54) is 17.5 Å². The van der Waals surface area contributed by atoms with E-state index in [0.29, 0.717) is 38.3 Å². The summed E-state index contributed by atoms with van der Waals surface area (Å²) in [6, 6.07) is 4.66. The van der Waals surface area contributed by atoms with E-state index < -0.39 is 10.0 Å². The predicted molar refractivity (Wildman–Crippen MR) is 73.1 cm³/mol. The van der Waals surface area contributed by atoms with Crippen molar-refractivity contribution in [3.8, 4) is 5.75 Å². The van der Waals surface area contributed by atoms with Gasteiger partial charge in [0.25, 0.3) is 0 Å². The average Bonchev–Trinajstić information content (AvgIpc) is 2.76. The fraction of sp³-hybridized carbons (Fsp3) is 0.538. The molecular weight excluding hydrogens is 282 g/mol. The van der Waals surface area contributed by atoms with Crippen LogP contribution in [-0.4, -0.2) is 51.2 Å². The fourth-order valence-corrected chi connectivity index (χ4v) is 3.79. The number of nitrogens with zero attached hydrogens (tertiary/aromatic N) is 1. The Bertz CT molecular complexity index is 550. The van der Waals surface area contributed by atoms with Crippen LogP contribution in [-0.2, 0) is 21.4 Å². The lowest BCUT2D eigenvalue weighted by Gasteiger charge is -2.21. The van der Waals surface area contributed by atoms with E-state index in [-0.39, 0.29) is 17.3 Å². The van der Waals surface area contributed by atoms with Crippen LogP contribution in [0.1, 0.15) is 12.0 Å². The molecule has 0 aromatic heterocycles. The zero-order valence-corrected chi connectivity index (χ0v) is 12.2. The van der Waals surface area contributed by atoms with E-state index in [1.807, 2.05) is 0 Å². The van der Waals surface area contributed by atoms with Crippen LogP contribution < -0.4 is 4.74 Å². The van der Waals surface area contributed by atoms with Gasteiger partial charge in [-0.1, -0.05) is 6.07 Å². The summed E-state index contributed by atoms with van der Waals surface area (Å²) in [5.74, 6) is 0.285. The van der Waals surface area contributed by atoms with Crippen LogP contribution in [0.5, 0.6) is 5.75 Å². The molecule has 0 bridgehead atoms. The summed E-state index contributed by atoms with van der Waals surface area (Å²) in [5.41, 5.74) is 0.537. The third-order valence-corrected chi connectivity index (χ3v) is 5.13. The van der Waals surface area contributed by atoms with Crippen LogP contribution in [0, 0.1) is 0 Å². The van der Waals surface area contributed by atoms with E-state index >= 15 is 0 Å². The van der Waals surface area contributed by atoms with Crippen molar-refractivity contribution in [3.63, 3.8) is 0 Å². The normalized spacial score (nSPS) is 17.7. The molecule has 1 N–H and O–H groups in total. The first-order chi connectivity index (χ1) is 9.59. The monoisotopic (exact) mass is 301 g/mol. The summed E-state index contributed by atoms with van der Waals surface area (Å²) in [6.45, 7) is 1.50. The number of aliphatic hydroxyl groups is 1. The minimum absolute atomic E-state index is 0.0912. The molecule has 1 aliphatic heterocycles. The van der Waals surface area contributed by atoms with Gasteiger partial charge in [0, 0.05) is 19.7 Å². The molecule has 6 nitrogen and oxygen atoms in total. The molecule has 20 heavy (non-hydrogen) atoms. The lowest BCUT2D eigenvalue weighted by Crippen LogP contribution is -2.33. The summed E-state index contributed by atoms with van der Waals surface area (Å²) in [5, 5.41) is 9.18. The summed E-state index contributed by atoms with van der Waals surface area (Å²) >= 11 is 0. The highest BCUT2D eigenvalue weighted by Crippen LogP contribution is 2.28. The Balaban J connectivity index is 2.41. The topological polar surface area (TPSA) is 76.1 Å². The van der Waals surface area contributed by atoms with Gasteiger partial charge in [0.15, 0.2) is 0 Å². The Hall–Kier alpha value is -1.15. The smallest absolute Gasteiger partial charge is 0.246 e. The summed E-state index contributed by atoms with van der Waals surface area (Å²) in [4.78, 5) is 0.0912. The highest BCUT2D eigenvalue weighted by Gasteiger charge is 2.28. The minimum atomic E-state index is -3.64. The number of hydrogen-bond donors (Lipinski definition) is 1. The molecule has 0 radical (unpaired) electrons. The number of methoxy groups -OCH3 is 1. The van der Waals surface area contributed by atoms with Crippen molar-refractivity contribution in [1.29, 1.82) is 0 Å². The van der Waals surface area contributed by atoms with Crippen LogP contribution in [0.4, 0.5) is 0 Å². The molecule has 1 heterocycles. The summed E-state index contributed by atoms with van der Waals surface area (Å²) in [6.07, 6.45) is 0.668. The first kappa shape index (κ1) is 15.2. The molecule has 1 aromatic rings. The van der Waals surface area contributed by atoms with E-state index in [2.05, 4.69) is 0 Å². The SMILES string of the molecule is COc1ccc(CO)cc1S(=O)(=O)N1CCCOCC1. The molecule has 2 rings (SSSR count). The van der Waals surface area contributed by atoms with Gasteiger partial charge in [-0.25, -0.2) is 8.42 Å². The number of sulfonamides is 1. The molecule has 0 spiro atoms. The van der Waals surface area contributed by atoms with E-state index in [4.69, 9.17) is 9.47 Å². The standard InChI is InChI=1S/C13H19NO5S/c1-18-12-4-3-11(10-15)9-13(12)20(16,17)14-5-2-7-19-8-6-14/h3-4,9,15H,2,5-8,10H2,1H3. The maximum absolute atomic E-state index is 12.7. The van der Waals surface area contributed by atoms with Crippen molar-refractivity contribution in [2.75, 3.05) is 33.4 Å². The second-order valence-corrected chi connectivity index (χ2v) is 6.42. The zero-order valence-electron chi connectivity index (χ0n) is 11.4. The van der Waals surface area contributed by atoms with Crippen molar-refractivity contribution < 1.29 is 23.0 Å². The number of benzene rings is 1. The molecule has 0 aliphatic carbocycles. The molecule has 1 fully saturated rings. The maximum atomic E-state index is 12.7. The largest absolute Gasteiger partial charge is 0.495 e. The van der Waals surface area contributed by atoms with Gasteiger partial charge in [-0.15, -0.1) is 0 Å².